The van der Waals surface area contributed by atoms with Crippen molar-refractivity contribution in [3.8, 4) is 5.75 Å². The summed E-state index contributed by atoms with van der Waals surface area (Å²) in [5.41, 5.74) is 1.13. The summed E-state index contributed by atoms with van der Waals surface area (Å²) in [6.45, 7) is 7.61. The van der Waals surface area contributed by atoms with Gasteiger partial charge in [-0.1, -0.05) is 31.5 Å². The molecule has 5 heteroatoms. The van der Waals surface area contributed by atoms with Gasteiger partial charge >= 0.3 is 0 Å². The summed E-state index contributed by atoms with van der Waals surface area (Å²) >= 11 is 0. The molecule has 1 aliphatic rings. The van der Waals surface area contributed by atoms with Crippen molar-refractivity contribution in [2.45, 2.75) is 32.7 Å². The third-order valence-electron chi connectivity index (χ3n) is 4.50. The highest BCUT2D eigenvalue weighted by atomic mass is 16.5. The zero-order valence-corrected chi connectivity index (χ0v) is 15.3. The van der Waals surface area contributed by atoms with Crippen molar-refractivity contribution in [2.24, 2.45) is 10.9 Å². The molecule has 1 aromatic carbocycles. The Labute approximate surface area is 146 Å². The Bertz CT molecular complexity index is 512. The number of hydrogen-bond acceptors (Lipinski definition) is 3. The summed E-state index contributed by atoms with van der Waals surface area (Å²) in [6.07, 6.45) is 4.09. The normalized spacial score (nSPS) is 17.4. The number of nitrogens with one attached hydrogen (secondary N) is 2. The molecule has 2 rings (SSSR count). The quantitative estimate of drug-likeness (QED) is 0.595. The number of ether oxygens (including phenoxy) is 1. The van der Waals surface area contributed by atoms with E-state index in [-0.39, 0.29) is 0 Å². The summed E-state index contributed by atoms with van der Waals surface area (Å²) < 4.78 is 5.39. The van der Waals surface area contributed by atoms with E-state index in [4.69, 9.17) is 4.74 Å². The summed E-state index contributed by atoms with van der Waals surface area (Å²) in [5.74, 6) is 2.35. The molecule has 2 N–H and O–H groups in total. The molecule has 1 atom stereocenters. The van der Waals surface area contributed by atoms with Gasteiger partial charge in [0.2, 0.25) is 0 Å². The molecule has 0 aromatic heterocycles. The molecule has 1 saturated heterocycles. The van der Waals surface area contributed by atoms with E-state index in [1.54, 1.807) is 7.11 Å². The molecule has 0 bridgehead atoms. The number of piperidine rings is 1. The van der Waals surface area contributed by atoms with E-state index in [0.717, 1.165) is 30.4 Å². The topological polar surface area (TPSA) is 48.9 Å². The number of benzene rings is 1. The lowest BCUT2D eigenvalue weighted by Gasteiger charge is -2.29. The average Bonchev–Trinajstić information content (AvgIpc) is 2.63. The van der Waals surface area contributed by atoms with Crippen molar-refractivity contribution in [2.75, 3.05) is 40.3 Å². The Morgan fingerprint density at radius 3 is 2.67 bits per heavy atom. The van der Waals surface area contributed by atoms with E-state index >= 15 is 0 Å². The maximum Gasteiger partial charge on any atom is 0.191 e. The molecule has 0 aliphatic carbocycles. The second-order valence-electron chi connectivity index (χ2n) is 6.58. The first-order valence-corrected chi connectivity index (χ1v) is 9.01. The molecule has 1 heterocycles. The lowest BCUT2D eigenvalue weighted by molar-refractivity contribution is 0.201. The Balaban J connectivity index is 1.73. The van der Waals surface area contributed by atoms with Crippen LogP contribution in [0.1, 0.15) is 31.7 Å². The largest absolute Gasteiger partial charge is 0.496 e. The highest BCUT2D eigenvalue weighted by Gasteiger charge is 2.13. The third-order valence-corrected chi connectivity index (χ3v) is 4.50. The minimum Gasteiger partial charge on any atom is -0.496 e. The van der Waals surface area contributed by atoms with Gasteiger partial charge in [0.05, 0.1) is 7.11 Å². The summed E-state index contributed by atoms with van der Waals surface area (Å²) in [5, 5.41) is 6.80. The van der Waals surface area contributed by atoms with Gasteiger partial charge in [-0.2, -0.15) is 0 Å². The first kappa shape index (κ1) is 18.6. The van der Waals surface area contributed by atoms with Crippen LogP contribution < -0.4 is 15.4 Å². The molecule has 1 aromatic rings. The maximum absolute atomic E-state index is 5.39. The summed E-state index contributed by atoms with van der Waals surface area (Å²) in [6, 6.07) is 8.06. The van der Waals surface area contributed by atoms with Crippen LogP contribution >= 0.6 is 0 Å². The molecule has 0 spiro atoms. The van der Waals surface area contributed by atoms with Crippen molar-refractivity contribution >= 4 is 5.96 Å². The zero-order valence-electron chi connectivity index (χ0n) is 15.3. The monoisotopic (exact) mass is 332 g/mol. The van der Waals surface area contributed by atoms with Gasteiger partial charge in [-0.25, -0.2) is 0 Å². The molecule has 0 amide bonds. The van der Waals surface area contributed by atoms with Crippen molar-refractivity contribution in [1.29, 1.82) is 0 Å². The number of aliphatic imine (C=N–C) groups is 1. The van der Waals surface area contributed by atoms with E-state index in [0.29, 0.717) is 12.5 Å². The number of para-hydroxylation sites is 1. The Morgan fingerprint density at radius 1 is 1.21 bits per heavy atom. The number of hydrogen-bond donors (Lipinski definition) is 2. The van der Waals surface area contributed by atoms with Crippen LogP contribution in [0.25, 0.3) is 0 Å². The van der Waals surface area contributed by atoms with Crippen molar-refractivity contribution in [3.63, 3.8) is 0 Å². The van der Waals surface area contributed by atoms with Gasteiger partial charge in [0.25, 0.3) is 0 Å². The minimum atomic E-state index is 0.605. The average molecular weight is 332 g/mol. The lowest BCUT2D eigenvalue weighted by atomic mass is 10.1. The number of nitrogens with zero attached hydrogens (tertiary/aromatic N) is 2. The molecule has 24 heavy (non-hydrogen) atoms. The fourth-order valence-electron chi connectivity index (χ4n) is 3.17. The van der Waals surface area contributed by atoms with Crippen molar-refractivity contribution < 1.29 is 4.74 Å². The summed E-state index contributed by atoms with van der Waals surface area (Å²) in [7, 11) is 3.51. The van der Waals surface area contributed by atoms with Crippen LogP contribution in [-0.4, -0.2) is 51.2 Å². The lowest BCUT2D eigenvalue weighted by Crippen LogP contribution is -2.42. The zero-order chi connectivity index (χ0) is 17.2. The molecule has 0 radical (unpaired) electrons. The van der Waals surface area contributed by atoms with E-state index < -0.39 is 0 Å². The smallest absolute Gasteiger partial charge is 0.191 e. The molecular formula is C19H32N4O. The SMILES string of the molecule is CN=C(NCc1ccccc1OC)NCC(C)CN1CCCCC1. The molecule has 1 fully saturated rings. The Hall–Kier alpha value is -1.75. The van der Waals surface area contributed by atoms with Crippen LogP contribution in [0.5, 0.6) is 5.75 Å². The first-order chi connectivity index (χ1) is 11.7. The first-order valence-electron chi connectivity index (χ1n) is 9.01. The van der Waals surface area contributed by atoms with Crippen LogP contribution in [0.2, 0.25) is 0 Å². The third kappa shape index (κ3) is 6.04. The van der Waals surface area contributed by atoms with Crippen LogP contribution in [0.3, 0.4) is 0 Å². The molecular weight excluding hydrogens is 300 g/mol. The fraction of sp³-hybridized carbons (Fsp3) is 0.632. The summed E-state index contributed by atoms with van der Waals surface area (Å²) in [4.78, 5) is 6.90. The highest BCUT2D eigenvalue weighted by Crippen LogP contribution is 2.16. The number of guanidine groups is 1. The van der Waals surface area contributed by atoms with Crippen molar-refractivity contribution in [3.05, 3.63) is 29.8 Å². The molecule has 1 unspecified atom stereocenters. The second kappa shape index (κ2) is 10.2. The van der Waals surface area contributed by atoms with Gasteiger partial charge in [0.15, 0.2) is 5.96 Å². The second-order valence-corrected chi connectivity index (χ2v) is 6.58. The Morgan fingerprint density at radius 2 is 1.96 bits per heavy atom. The minimum absolute atomic E-state index is 0.605. The van der Waals surface area contributed by atoms with Gasteiger partial charge in [0.1, 0.15) is 5.75 Å². The fourth-order valence-corrected chi connectivity index (χ4v) is 3.17. The van der Waals surface area contributed by atoms with Gasteiger partial charge < -0.3 is 20.3 Å². The van der Waals surface area contributed by atoms with Crippen LogP contribution in [0.15, 0.2) is 29.3 Å². The van der Waals surface area contributed by atoms with E-state index in [2.05, 4.69) is 33.5 Å². The van der Waals surface area contributed by atoms with Crippen LogP contribution in [0, 0.1) is 5.92 Å². The maximum atomic E-state index is 5.39. The molecule has 134 valence electrons. The van der Waals surface area contributed by atoms with Gasteiger partial charge in [0, 0.05) is 32.2 Å². The Kier molecular flexibility index (Phi) is 7.89. The highest BCUT2D eigenvalue weighted by molar-refractivity contribution is 5.79. The predicted molar refractivity (Wildman–Crippen MR) is 101 cm³/mol. The van der Waals surface area contributed by atoms with E-state index in [9.17, 15) is 0 Å². The van der Waals surface area contributed by atoms with E-state index in [1.807, 2.05) is 25.2 Å². The van der Waals surface area contributed by atoms with Crippen molar-refractivity contribution in [1.82, 2.24) is 15.5 Å². The molecule has 0 saturated carbocycles. The van der Waals surface area contributed by atoms with Gasteiger partial charge in [-0.15, -0.1) is 0 Å². The van der Waals surface area contributed by atoms with Gasteiger partial charge in [-0.3, -0.25) is 4.99 Å². The number of methoxy groups -OCH3 is 1. The number of likely N-dealkylation sites (tertiary alicyclic amines) is 1. The predicted octanol–water partition coefficient (Wildman–Crippen LogP) is 2.48. The standard InChI is InChI=1S/C19H32N4O/c1-16(15-23-11-7-4-8-12-23)13-21-19(20-2)22-14-17-9-5-6-10-18(17)24-3/h5-6,9-10,16H,4,7-8,11-15H2,1-3H3,(H2,20,21,22). The van der Waals surface area contributed by atoms with Gasteiger partial charge in [-0.05, 0) is 37.9 Å². The molecule has 5 nitrogen and oxygen atoms in total. The van der Waals surface area contributed by atoms with E-state index in [1.165, 1.54) is 32.4 Å². The van der Waals surface area contributed by atoms with Crippen LogP contribution in [0.4, 0.5) is 0 Å². The number of rotatable bonds is 7. The molecule has 1 aliphatic heterocycles. The van der Waals surface area contributed by atoms with Crippen LogP contribution in [-0.2, 0) is 6.54 Å².